The molecule has 0 spiro atoms. The van der Waals surface area contributed by atoms with Crippen LogP contribution in [0.15, 0.2) is 17.6 Å². The number of halogens is 1. The van der Waals surface area contributed by atoms with Gasteiger partial charge in [-0.25, -0.2) is 0 Å². The summed E-state index contributed by atoms with van der Waals surface area (Å²) >= 11 is 1.68. The number of rotatable bonds is 19. The lowest BCUT2D eigenvalue weighted by Crippen LogP contribution is -2.07. The van der Waals surface area contributed by atoms with Crippen LogP contribution in [0.1, 0.15) is 110 Å². The van der Waals surface area contributed by atoms with E-state index in [0.717, 1.165) is 5.75 Å². The summed E-state index contributed by atoms with van der Waals surface area (Å²) in [7, 11) is 0. The summed E-state index contributed by atoms with van der Waals surface area (Å²) in [5.74, 6) is 1.10. The predicted molar refractivity (Wildman–Crippen MR) is 129 cm³/mol. The van der Waals surface area contributed by atoms with Crippen LogP contribution in [-0.4, -0.2) is 17.5 Å². The van der Waals surface area contributed by atoms with Crippen molar-refractivity contribution in [2.24, 2.45) is 10.7 Å². The maximum atomic E-state index is 5.79. The van der Waals surface area contributed by atoms with E-state index >= 15 is 0 Å². The number of unbranched alkanes of at least 4 members (excludes halogenated alkanes) is 15. The number of amidine groups is 1. The van der Waals surface area contributed by atoms with E-state index in [2.05, 4.69) is 18.5 Å². The molecule has 156 valence electrons. The largest absolute Gasteiger partial charge is 0.379 e. The Morgan fingerprint density at radius 3 is 1.54 bits per heavy atom. The number of hydrogen-bond acceptors (Lipinski definition) is 2. The summed E-state index contributed by atoms with van der Waals surface area (Å²) in [5.41, 5.74) is 5.79. The van der Waals surface area contributed by atoms with Gasteiger partial charge in [0, 0.05) is 5.75 Å². The fourth-order valence-electron chi connectivity index (χ4n) is 3.03. The van der Waals surface area contributed by atoms with Gasteiger partial charge in [0.1, 0.15) is 0 Å². The topological polar surface area (TPSA) is 38.4 Å². The highest BCUT2D eigenvalue weighted by atomic mass is 79.9. The van der Waals surface area contributed by atoms with Gasteiger partial charge in [0.05, 0.1) is 6.54 Å². The minimum absolute atomic E-state index is 0. The molecule has 0 aromatic rings. The highest BCUT2D eigenvalue weighted by Gasteiger charge is 1.96. The average molecular weight is 450 g/mol. The van der Waals surface area contributed by atoms with Gasteiger partial charge in [0.25, 0.3) is 0 Å². The quantitative estimate of drug-likeness (QED) is 0.0937. The summed E-state index contributed by atoms with van der Waals surface area (Å²) in [5, 5.41) is 0.709. The van der Waals surface area contributed by atoms with Gasteiger partial charge >= 0.3 is 0 Å². The number of nitrogens with two attached hydrogens (primary N) is 1. The lowest BCUT2D eigenvalue weighted by Gasteiger charge is -2.04. The van der Waals surface area contributed by atoms with Crippen LogP contribution in [0.2, 0.25) is 0 Å². The van der Waals surface area contributed by atoms with E-state index in [1.807, 2.05) is 0 Å². The molecule has 0 aliphatic rings. The van der Waals surface area contributed by atoms with E-state index in [1.54, 1.807) is 17.8 Å². The maximum absolute atomic E-state index is 5.79. The highest BCUT2D eigenvalue weighted by molar-refractivity contribution is 8.93. The Morgan fingerprint density at radius 1 is 0.769 bits per heavy atom. The molecule has 0 saturated heterocycles. The molecule has 0 fully saturated rings. The van der Waals surface area contributed by atoms with Crippen LogP contribution in [-0.2, 0) is 0 Å². The lowest BCUT2D eigenvalue weighted by atomic mass is 10.0. The third kappa shape index (κ3) is 24.0. The van der Waals surface area contributed by atoms with Gasteiger partial charge < -0.3 is 5.73 Å². The number of thioether (sulfide) groups is 1. The summed E-state index contributed by atoms with van der Waals surface area (Å²) in [4.78, 5) is 4.19. The van der Waals surface area contributed by atoms with Gasteiger partial charge in [-0.2, -0.15) is 0 Å². The lowest BCUT2D eigenvalue weighted by molar-refractivity contribution is 0.532. The maximum Gasteiger partial charge on any atom is 0.154 e. The standard InChI is InChI=1S/C22H44N2S.BrH/c1-3-5-6-7-8-9-10-11-12-13-14-15-16-17-18-19-21-25-22(23)24-20-4-2;/h4H,2-3,5-21H2,1H3,(H2,23,24);1H. The first-order chi connectivity index (χ1) is 12.3. The van der Waals surface area contributed by atoms with Crippen molar-refractivity contribution in [2.75, 3.05) is 12.3 Å². The molecular formula is C22H45BrN2S. The van der Waals surface area contributed by atoms with Crippen LogP contribution < -0.4 is 5.73 Å². The van der Waals surface area contributed by atoms with Crippen molar-refractivity contribution < 1.29 is 0 Å². The summed E-state index contributed by atoms with van der Waals surface area (Å²) in [6.45, 7) is 6.57. The predicted octanol–water partition coefficient (Wildman–Crippen LogP) is 8.06. The van der Waals surface area contributed by atoms with E-state index in [9.17, 15) is 0 Å². The molecule has 0 heterocycles. The molecule has 0 aliphatic heterocycles. The van der Waals surface area contributed by atoms with E-state index in [0.29, 0.717) is 11.7 Å². The Hall–Kier alpha value is 0.0400. The Balaban J connectivity index is 0. The normalized spacial score (nSPS) is 11.3. The van der Waals surface area contributed by atoms with Gasteiger partial charge in [0.15, 0.2) is 5.17 Å². The fraction of sp³-hybridized carbons (Fsp3) is 0.864. The molecule has 0 amide bonds. The fourth-order valence-corrected chi connectivity index (χ4v) is 3.75. The highest BCUT2D eigenvalue weighted by Crippen LogP contribution is 2.14. The Bertz CT molecular complexity index is 309. The molecular weight excluding hydrogens is 404 g/mol. The van der Waals surface area contributed by atoms with Crippen LogP contribution in [0.5, 0.6) is 0 Å². The average Bonchev–Trinajstić information content (AvgIpc) is 2.62. The van der Waals surface area contributed by atoms with Gasteiger partial charge in [0.2, 0.25) is 0 Å². The molecule has 0 saturated carbocycles. The van der Waals surface area contributed by atoms with Crippen molar-refractivity contribution in [3.8, 4) is 0 Å². The summed E-state index contributed by atoms with van der Waals surface area (Å²) in [6.07, 6.45) is 24.5. The molecule has 0 atom stereocenters. The summed E-state index contributed by atoms with van der Waals surface area (Å²) < 4.78 is 0. The molecule has 2 N–H and O–H groups in total. The number of nitrogens with zero attached hydrogens (tertiary/aromatic N) is 1. The van der Waals surface area contributed by atoms with Crippen LogP contribution >= 0.6 is 28.7 Å². The molecule has 0 radical (unpaired) electrons. The minimum atomic E-state index is 0. The van der Waals surface area contributed by atoms with Crippen molar-refractivity contribution in [3.63, 3.8) is 0 Å². The Kier molecular flexibility index (Phi) is 27.2. The molecule has 0 aromatic heterocycles. The molecule has 0 aromatic carbocycles. The second-order valence-electron chi connectivity index (χ2n) is 7.12. The van der Waals surface area contributed by atoms with E-state index in [4.69, 9.17) is 5.73 Å². The first-order valence-corrected chi connectivity index (χ1v) is 11.8. The van der Waals surface area contributed by atoms with Gasteiger partial charge in [-0.05, 0) is 6.42 Å². The summed E-state index contributed by atoms with van der Waals surface area (Å²) in [6, 6.07) is 0. The minimum Gasteiger partial charge on any atom is -0.379 e. The zero-order chi connectivity index (χ0) is 18.4. The van der Waals surface area contributed by atoms with Crippen molar-refractivity contribution in [2.45, 2.75) is 110 Å². The van der Waals surface area contributed by atoms with Crippen LogP contribution in [0.4, 0.5) is 0 Å². The Labute approximate surface area is 179 Å². The van der Waals surface area contributed by atoms with Crippen molar-refractivity contribution in [1.29, 1.82) is 0 Å². The van der Waals surface area contributed by atoms with Crippen molar-refractivity contribution >= 4 is 33.9 Å². The molecule has 2 nitrogen and oxygen atoms in total. The first-order valence-electron chi connectivity index (χ1n) is 10.8. The second-order valence-corrected chi connectivity index (χ2v) is 8.23. The second kappa shape index (κ2) is 25.0. The smallest absolute Gasteiger partial charge is 0.154 e. The monoisotopic (exact) mass is 448 g/mol. The third-order valence-corrected chi connectivity index (χ3v) is 5.54. The third-order valence-electron chi connectivity index (χ3n) is 4.62. The Morgan fingerprint density at radius 2 is 1.15 bits per heavy atom. The molecule has 26 heavy (non-hydrogen) atoms. The van der Waals surface area contributed by atoms with Crippen LogP contribution in [0.25, 0.3) is 0 Å². The van der Waals surface area contributed by atoms with Crippen LogP contribution in [0, 0.1) is 0 Å². The zero-order valence-electron chi connectivity index (χ0n) is 17.4. The van der Waals surface area contributed by atoms with Crippen molar-refractivity contribution in [3.05, 3.63) is 12.7 Å². The SMILES string of the molecule is Br.C=CCN=C(N)SCCCCCCCCCCCCCCCCCC. The molecule has 0 unspecified atom stereocenters. The van der Waals surface area contributed by atoms with E-state index in [1.165, 1.54) is 103 Å². The first kappa shape index (κ1) is 28.3. The number of aliphatic imine (C=N–C) groups is 1. The molecule has 0 aliphatic carbocycles. The molecule has 0 rings (SSSR count). The van der Waals surface area contributed by atoms with Gasteiger partial charge in [-0.3, -0.25) is 4.99 Å². The number of hydrogen-bond donors (Lipinski definition) is 1. The molecule has 0 bridgehead atoms. The zero-order valence-corrected chi connectivity index (χ0v) is 19.9. The van der Waals surface area contributed by atoms with Crippen LogP contribution in [0.3, 0.4) is 0 Å². The van der Waals surface area contributed by atoms with E-state index in [-0.39, 0.29) is 17.0 Å². The van der Waals surface area contributed by atoms with Gasteiger partial charge in [-0.1, -0.05) is 121 Å². The van der Waals surface area contributed by atoms with Gasteiger partial charge in [-0.15, -0.1) is 23.6 Å². The van der Waals surface area contributed by atoms with Crippen molar-refractivity contribution in [1.82, 2.24) is 0 Å². The van der Waals surface area contributed by atoms with E-state index < -0.39 is 0 Å². The molecule has 4 heteroatoms.